The first kappa shape index (κ1) is 18.4. The van der Waals surface area contributed by atoms with Gasteiger partial charge in [0.15, 0.2) is 0 Å². The average molecular weight is 385 g/mol. The van der Waals surface area contributed by atoms with Crippen molar-refractivity contribution in [2.45, 2.75) is 57.4 Å². The Balaban J connectivity index is 1.34. The van der Waals surface area contributed by atoms with Gasteiger partial charge in [-0.1, -0.05) is 49.6 Å². The Bertz CT molecular complexity index is 742. The largest absolute Gasteiger partial charge is 0.353 e. The van der Waals surface area contributed by atoms with Gasteiger partial charge in [0, 0.05) is 37.1 Å². The van der Waals surface area contributed by atoms with Crippen molar-refractivity contribution in [1.29, 1.82) is 0 Å². The number of aromatic nitrogens is 2. The third-order valence-electron chi connectivity index (χ3n) is 5.68. The van der Waals surface area contributed by atoms with Crippen LogP contribution in [-0.2, 0) is 11.2 Å². The smallest absolute Gasteiger partial charge is 0.225 e. The highest BCUT2D eigenvalue weighted by atomic mass is 32.1. The van der Waals surface area contributed by atoms with Crippen molar-refractivity contribution in [3.63, 3.8) is 0 Å². The van der Waals surface area contributed by atoms with Gasteiger partial charge in [-0.3, -0.25) is 4.79 Å². The molecule has 0 radical (unpaired) electrons. The van der Waals surface area contributed by atoms with Gasteiger partial charge in [-0.2, -0.15) is 4.37 Å². The first-order valence-electron chi connectivity index (χ1n) is 10.2. The molecular formula is C21H28N4OS. The Morgan fingerprint density at radius 3 is 2.74 bits per heavy atom. The fourth-order valence-electron chi connectivity index (χ4n) is 4.15. The molecule has 5 nitrogen and oxygen atoms in total. The minimum Gasteiger partial charge on any atom is -0.353 e. The molecule has 1 aromatic carbocycles. The zero-order valence-corrected chi connectivity index (χ0v) is 16.6. The van der Waals surface area contributed by atoms with Crippen LogP contribution in [0.2, 0.25) is 0 Å². The first-order chi connectivity index (χ1) is 13.3. The van der Waals surface area contributed by atoms with Crippen LogP contribution in [0.15, 0.2) is 30.3 Å². The summed E-state index contributed by atoms with van der Waals surface area (Å²) >= 11 is 1.46. The van der Waals surface area contributed by atoms with Crippen molar-refractivity contribution >= 4 is 22.6 Å². The number of carbonyl (C=O) groups is 1. The van der Waals surface area contributed by atoms with Crippen molar-refractivity contribution in [3.8, 4) is 0 Å². The third-order valence-corrected chi connectivity index (χ3v) is 6.49. The number of amides is 1. The van der Waals surface area contributed by atoms with E-state index in [0.29, 0.717) is 6.04 Å². The minimum atomic E-state index is 0.0714. The van der Waals surface area contributed by atoms with E-state index in [1.807, 2.05) is 18.2 Å². The Morgan fingerprint density at radius 2 is 1.93 bits per heavy atom. The Morgan fingerprint density at radius 1 is 1.11 bits per heavy atom. The van der Waals surface area contributed by atoms with Gasteiger partial charge in [0.2, 0.25) is 11.0 Å². The molecule has 2 aromatic rings. The minimum absolute atomic E-state index is 0.0714. The van der Waals surface area contributed by atoms with Crippen LogP contribution in [0.1, 0.15) is 56.3 Å². The van der Waals surface area contributed by atoms with Gasteiger partial charge < -0.3 is 10.2 Å². The molecule has 1 N–H and O–H groups in total. The number of anilines is 1. The van der Waals surface area contributed by atoms with Crippen LogP contribution in [0.3, 0.4) is 0 Å². The summed E-state index contributed by atoms with van der Waals surface area (Å²) in [6.07, 6.45) is 8.86. The van der Waals surface area contributed by atoms with Crippen LogP contribution in [0.4, 0.5) is 5.13 Å². The molecule has 1 aliphatic carbocycles. The van der Waals surface area contributed by atoms with Gasteiger partial charge in [-0.05, 0) is 31.2 Å². The van der Waals surface area contributed by atoms with Crippen molar-refractivity contribution in [2.24, 2.45) is 5.92 Å². The normalized spacial score (nSPS) is 21.2. The molecule has 144 valence electrons. The van der Waals surface area contributed by atoms with Crippen LogP contribution in [0.5, 0.6) is 0 Å². The zero-order chi connectivity index (χ0) is 18.5. The first-order valence-corrected chi connectivity index (χ1v) is 11.0. The number of piperidine rings is 1. The molecule has 1 aliphatic heterocycles. The van der Waals surface area contributed by atoms with Gasteiger partial charge in [0.1, 0.15) is 5.82 Å². The van der Waals surface area contributed by atoms with Crippen LogP contribution in [-0.4, -0.2) is 34.4 Å². The molecule has 6 heteroatoms. The van der Waals surface area contributed by atoms with E-state index in [-0.39, 0.29) is 11.8 Å². The molecule has 0 bridgehead atoms. The van der Waals surface area contributed by atoms with E-state index < -0.39 is 0 Å². The number of nitrogens with one attached hydrogen (secondary N) is 1. The summed E-state index contributed by atoms with van der Waals surface area (Å²) in [7, 11) is 0. The van der Waals surface area contributed by atoms with E-state index in [0.717, 1.165) is 56.1 Å². The topological polar surface area (TPSA) is 58.1 Å². The summed E-state index contributed by atoms with van der Waals surface area (Å²) in [5.41, 5.74) is 1.23. The Hall–Kier alpha value is -1.95. The highest BCUT2D eigenvalue weighted by Gasteiger charge is 2.29. The van der Waals surface area contributed by atoms with Crippen LogP contribution >= 0.6 is 11.5 Å². The fourth-order valence-corrected chi connectivity index (χ4v) is 4.87. The van der Waals surface area contributed by atoms with Crippen molar-refractivity contribution in [3.05, 3.63) is 41.7 Å². The number of hydrogen-bond acceptors (Lipinski definition) is 5. The van der Waals surface area contributed by atoms with Gasteiger partial charge in [0.25, 0.3) is 0 Å². The molecule has 1 atom stereocenters. The molecule has 4 rings (SSSR count). The van der Waals surface area contributed by atoms with Gasteiger partial charge >= 0.3 is 0 Å². The van der Waals surface area contributed by atoms with E-state index >= 15 is 0 Å². The standard InChI is InChI=1S/C21H28N4OS/c26-20(22-18-11-5-2-6-12-18)17-10-7-13-25(15-17)21-23-19(24-27-21)14-16-8-3-1-4-9-16/h1,3-4,8-9,17-18H,2,5-7,10-15H2,(H,22,26). The van der Waals surface area contributed by atoms with E-state index in [2.05, 4.69) is 26.7 Å². The van der Waals surface area contributed by atoms with Crippen molar-refractivity contribution < 1.29 is 4.79 Å². The zero-order valence-electron chi connectivity index (χ0n) is 15.8. The van der Waals surface area contributed by atoms with E-state index in [1.165, 1.54) is 36.4 Å². The van der Waals surface area contributed by atoms with Crippen LogP contribution in [0.25, 0.3) is 0 Å². The molecular weight excluding hydrogens is 356 g/mol. The molecule has 1 amide bonds. The summed E-state index contributed by atoms with van der Waals surface area (Å²) in [4.78, 5) is 19.7. The molecule has 2 heterocycles. The van der Waals surface area contributed by atoms with Crippen molar-refractivity contribution in [1.82, 2.24) is 14.7 Å². The summed E-state index contributed by atoms with van der Waals surface area (Å²) in [5, 5.41) is 4.25. The number of rotatable bonds is 5. The Labute approximate surface area is 165 Å². The Kier molecular flexibility index (Phi) is 6.02. The lowest BCUT2D eigenvalue weighted by Crippen LogP contribution is -2.46. The SMILES string of the molecule is O=C(NC1CCCCC1)C1CCCN(c2nc(Cc3ccccc3)ns2)C1. The second-order valence-electron chi connectivity index (χ2n) is 7.78. The fraction of sp³-hybridized carbons (Fsp3) is 0.571. The molecule has 1 aromatic heterocycles. The molecule has 27 heavy (non-hydrogen) atoms. The molecule has 0 spiro atoms. The predicted octanol–water partition coefficient (Wildman–Crippen LogP) is 3.79. The van der Waals surface area contributed by atoms with E-state index in [1.54, 1.807) is 0 Å². The molecule has 1 saturated heterocycles. The number of nitrogens with zero attached hydrogens (tertiary/aromatic N) is 3. The molecule has 1 saturated carbocycles. The molecule has 2 fully saturated rings. The highest BCUT2D eigenvalue weighted by molar-refractivity contribution is 7.09. The maximum Gasteiger partial charge on any atom is 0.225 e. The average Bonchev–Trinajstić information content (AvgIpc) is 3.18. The highest BCUT2D eigenvalue weighted by Crippen LogP contribution is 2.26. The van der Waals surface area contributed by atoms with Crippen molar-refractivity contribution in [2.75, 3.05) is 18.0 Å². The number of hydrogen-bond donors (Lipinski definition) is 1. The van der Waals surface area contributed by atoms with E-state index in [9.17, 15) is 4.79 Å². The summed E-state index contributed by atoms with van der Waals surface area (Å²) in [5.74, 6) is 1.18. The lowest BCUT2D eigenvalue weighted by atomic mass is 9.93. The lowest BCUT2D eigenvalue weighted by Gasteiger charge is -2.33. The third kappa shape index (κ3) is 4.86. The number of benzene rings is 1. The summed E-state index contributed by atoms with van der Waals surface area (Å²) in [6.45, 7) is 1.73. The van der Waals surface area contributed by atoms with Crippen LogP contribution < -0.4 is 10.2 Å². The maximum absolute atomic E-state index is 12.7. The molecule has 2 aliphatic rings. The second-order valence-corrected chi connectivity index (χ2v) is 8.51. The van der Waals surface area contributed by atoms with E-state index in [4.69, 9.17) is 4.98 Å². The molecule has 1 unspecified atom stereocenters. The summed E-state index contributed by atoms with van der Waals surface area (Å²) < 4.78 is 4.54. The summed E-state index contributed by atoms with van der Waals surface area (Å²) in [6, 6.07) is 10.7. The predicted molar refractivity (Wildman–Crippen MR) is 109 cm³/mol. The van der Waals surface area contributed by atoms with Gasteiger partial charge in [-0.25, -0.2) is 4.98 Å². The number of carbonyl (C=O) groups excluding carboxylic acids is 1. The maximum atomic E-state index is 12.7. The van der Waals surface area contributed by atoms with Gasteiger partial charge in [0.05, 0.1) is 5.92 Å². The monoisotopic (exact) mass is 384 g/mol. The van der Waals surface area contributed by atoms with Gasteiger partial charge in [-0.15, -0.1) is 0 Å². The van der Waals surface area contributed by atoms with Crippen LogP contribution in [0, 0.1) is 5.92 Å². The quantitative estimate of drug-likeness (QED) is 0.852. The second kappa shape index (κ2) is 8.83. The lowest BCUT2D eigenvalue weighted by molar-refractivity contribution is -0.126.